The number of carbonyl (C=O) groups is 2. The SMILES string of the molecule is O=C(Cc1ccc(F)cc1)N1CCC2(CC(=O)N(c3cccc(F)c3)C2)C1. The molecule has 2 heterocycles. The van der Waals surface area contributed by atoms with Gasteiger partial charge in [0.15, 0.2) is 0 Å². The minimum absolute atomic E-state index is 0.0184. The van der Waals surface area contributed by atoms with E-state index in [9.17, 15) is 18.4 Å². The maximum Gasteiger partial charge on any atom is 0.227 e. The molecule has 1 unspecified atom stereocenters. The van der Waals surface area contributed by atoms with Crippen LogP contribution in [0.5, 0.6) is 0 Å². The van der Waals surface area contributed by atoms with Crippen LogP contribution in [0.15, 0.2) is 48.5 Å². The van der Waals surface area contributed by atoms with E-state index in [4.69, 9.17) is 0 Å². The lowest BCUT2D eigenvalue weighted by Crippen LogP contribution is -2.35. The van der Waals surface area contributed by atoms with E-state index in [-0.39, 0.29) is 35.3 Å². The lowest BCUT2D eigenvalue weighted by molar-refractivity contribution is -0.130. The predicted octanol–water partition coefficient (Wildman–Crippen LogP) is 3.16. The number of anilines is 1. The molecule has 4 nitrogen and oxygen atoms in total. The van der Waals surface area contributed by atoms with Gasteiger partial charge in [0.2, 0.25) is 11.8 Å². The molecule has 0 radical (unpaired) electrons. The van der Waals surface area contributed by atoms with Crippen molar-refractivity contribution in [3.05, 3.63) is 65.7 Å². The summed E-state index contributed by atoms with van der Waals surface area (Å²) >= 11 is 0. The molecule has 4 rings (SSSR count). The number of benzene rings is 2. The van der Waals surface area contributed by atoms with Crippen LogP contribution in [0.3, 0.4) is 0 Å². The van der Waals surface area contributed by atoms with Gasteiger partial charge in [-0.3, -0.25) is 9.59 Å². The zero-order valence-electron chi connectivity index (χ0n) is 14.8. The Hall–Kier alpha value is -2.76. The standard InChI is InChI=1S/C21H20F2N2O2/c22-16-6-4-15(5-7-16)10-19(26)24-9-8-21(13-24)12-20(27)25(14-21)18-3-1-2-17(23)11-18/h1-7,11H,8-10,12-14H2. The topological polar surface area (TPSA) is 40.6 Å². The average Bonchev–Trinajstić information content (AvgIpc) is 3.20. The summed E-state index contributed by atoms with van der Waals surface area (Å²) in [6.07, 6.45) is 1.33. The smallest absolute Gasteiger partial charge is 0.227 e. The molecule has 1 spiro atoms. The molecule has 140 valence electrons. The molecule has 2 aromatic carbocycles. The maximum absolute atomic E-state index is 13.5. The van der Waals surface area contributed by atoms with E-state index in [1.807, 2.05) is 0 Å². The van der Waals surface area contributed by atoms with E-state index in [0.717, 1.165) is 12.0 Å². The molecule has 6 heteroatoms. The van der Waals surface area contributed by atoms with Crippen molar-refractivity contribution in [3.8, 4) is 0 Å². The van der Waals surface area contributed by atoms with Gasteiger partial charge >= 0.3 is 0 Å². The second-order valence-corrected chi connectivity index (χ2v) is 7.51. The first-order valence-electron chi connectivity index (χ1n) is 9.02. The van der Waals surface area contributed by atoms with Crippen molar-refractivity contribution in [2.75, 3.05) is 24.5 Å². The molecular weight excluding hydrogens is 350 g/mol. The number of likely N-dealkylation sites (tertiary alicyclic amines) is 1. The van der Waals surface area contributed by atoms with Crippen molar-refractivity contribution in [3.63, 3.8) is 0 Å². The highest BCUT2D eigenvalue weighted by atomic mass is 19.1. The lowest BCUT2D eigenvalue weighted by Gasteiger charge is -2.24. The summed E-state index contributed by atoms with van der Waals surface area (Å²) in [6, 6.07) is 12.0. The Morgan fingerprint density at radius 2 is 1.81 bits per heavy atom. The largest absolute Gasteiger partial charge is 0.342 e. The van der Waals surface area contributed by atoms with Crippen LogP contribution >= 0.6 is 0 Å². The molecule has 2 aliphatic rings. The third-order valence-electron chi connectivity index (χ3n) is 5.50. The second kappa shape index (κ2) is 6.76. The van der Waals surface area contributed by atoms with E-state index in [1.165, 1.54) is 24.3 Å². The monoisotopic (exact) mass is 370 g/mol. The number of nitrogens with zero attached hydrogens (tertiary/aromatic N) is 2. The number of halogens is 2. The highest BCUT2D eigenvalue weighted by Crippen LogP contribution is 2.42. The maximum atomic E-state index is 13.5. The predicted molar refractivity (Wildman–Crippen MR) is 97.1 cm³/mol. The van der Waals surface area contributed by atoms with Crippen molar-refractivity contribution in [1.82, 2.24) is 4.90 Å². The van der Waals surface area contributed by atoms with Crippen LogP contribution in [0.1, 0.15) is 18.4 Å². The van der Waals surface area contributed by atoms with Crippen LogP contribution < -0.4 is 4.90 Å². The molecule has 0 aromatic heterocycles. The van der Waals surface area contributed by atoms with Crippen molar-refractivity contribution in [2.24, 2.45) is 5.41 Å². The van der Waals surface area contributed by atoms with Gasteiger partial charge in [0.05, 0.1) is 6.42 Å². The van der Waals surface area contributed by atoms with Gasteiger partial charge in [-0.05, 0) is 42.3 Å². The van der Waals surface area contributed by atoms with Crippen LogP contribution in [-0.2, 0) is 16.0 Å². The minimum Gasteiger partial charge on any atom is -0.342 e. The van der Waals surface area contributed by atoms with E-state index in [1.54, 1.807) is 34.1 Å². The molecule has 0 aliphatic carbocycles. The van der Waals surface area contributed by atoms with Gasteiger partial charge in [0.1, 0.15) is 11.6 Å². The Morgan fingerprint density at radius 3 is 2.56 bits per heavy atom. The number of rotatable bonds is 3. The van der Waals surface area contributed by atoms with Crippen molar-refractivity contribution >= 4 is 17.5 Å². The number of carbonyl (C=O) groups excluding carboxylic acids is 2. The van der Waals surface area contributed by atoms with Gasteiger partial charge in [0.25, 0.3) is 0 Å². The number of hydrogen-bond acceptors (Lipinski definition) is 2. The van der Waals surface area contributed by atoms with Crippen LogP contribution in [0.25, 0.3) is 0 Å². The van der Waals surface area contributed by atoms with Crippen molar-refractivity contribution < 1.29 is 18.4 Å². The first-order chi connectivity index (χ1) is 12.9. The Labute approximate surface area is 156 Å². The molecule has 0 bridgehead atoms. The summed E-state index contributed by atoms with van der Waals surface area (Å²) in [5.41, 5.74) is 1.06. The van der Waals surface area contributed by atoms with E-state index in [2.05, 4.69) is 0 Å². The first-order valence-corrected chi connectivity index (χ1v) is 9.02. The number of hydrogen-bond donors (Lipinski definition) is 0. The third-order valence-corrected chi connectivity index (χ3v) is 5.50. The zero-order valence-corrected chi connectivity index (χ0v) is 14.8. The Bertz CT molecular complexity index is 884. The summed E-state index contributed by atoms with van der Waals surface area (Å²) in [5.74, 6) is -0.749. The molecule has 27 heavy (non-hydrogen) atoms. The molecule has 2 saturated heterocycles. The molecule has 2 amide bonds. The van der Waals surface area contributed by atoms with Gasteiger partial charge in [0, 0.05) is 37.2 Å². The molecule has 2 aliphatic heterocycles. The second-order valence-electron chi connectivity index (χ2n) is 7.51. The molecule has 2 aromatic rings. The molecule has 0 saturated carbocycles. The minimum atomic E-state index is -0.372. The summed E-state index contributed by atoms with van der Waals surface area (Å²) in [7, 11) is 0. The van der Waals surface area contributed by atoms with Crippen LogP contribution in [0, 0.1) is 17.0 Å². The lowest BCUT2D eigenvalue weighted by atomic mass is 9.86. The highest BCUT2D eigenvalue weighted by Gasteiger charge is 2.48. The fourth-order valence-electron chi connectivity index (χ4n) is 4.09. The summed E-state index contributed by atoms with van der Waals surface area (Å²) in [5, 5.41) is 0. The van der Waals surface area contributed by atoms with Gasteiger partial charge in [-0.1, -0.05) is 18.2 Å². The summed E-state index contributed by atoms with van der Waals surface area (Å²) in [6.45, 7) is 1.62. The Morgan fingerprint density at radius 1 is 1.04 bits per heavy atom. The number of amides is 2. The van der Waals surface area contributed by atoms with Crippen LogP contribution in [-0.4, -0.2) is 36.3 Å². The van der Waals surface area contributed by atoms with Gasteiger partial charge in [-0.15, -0.1) is 0 Å². The van der Waals surface area contributed by atoms with Crippen molar-refractivity contribution in [2.45, 2.75) is 19.3 Å². The fraction of sp³-hybridized carbons (Fsp3) is 0.333. The van der Waals surface area contributed by atoms with E-state index >= 15 is 0 Å². The molecule has 1 atom stereocenters. The fourth-order valence-corrected chi connectivity index (χ4v) is 4.09. The third kappa shape index (κ3) is 3.56. The van der Waals surface area contributed by atoms with Gasteiger partial charge in [-0.2, -0.15) is 0 Å². The molecule has 0 N–H and O–H groups in total. The Balaban J connectivity index is 1.43. The zero-order chi connectivity index (χ0) is 19.0. The van der Waals surface area contributed by atoms with Crippen LogP contribution in [0.4, 0.5) is 14.5 Å². The molecule has 2 fully saturated rings. The van der Waals surface area contributed by atoms with Crippen LogP contribution in [0.2, 0.25) is 0 Å². The van der Waals surface area contributed by atoms with Gasteiger partial charge < -0.3 is 9.80 Å². The molecular formula is C21H20F2N2O2. The quantitative estimate of drug-likeness (QED) is 0.833. The highest BCUT2D eigenvalue weighted by molar-refractivity contribution is 5.96. The van der Waals surface area contributed by atoms with E-state index in [0.29, 0.717) is 31.7 Å². The normalized spacial score (nSPS) is 22.1. The summed E-state index contributed by atoms with van der Waals surface area (Å²) < 4.78 is 26.5. The van der Waals surface area contributed by atoms with Crippen molar-refractivity contribution in [1.29, 1.82) is 0 Å². The first kappa shape index (κ1) is 17.6. The van der Waals surface area contributed by atoms with Gasteiger partial charge in [-0.25, -0.2) is 8.78 Å². The Kier molecular flexibility index (Phi) is 4.42. The summed E-state index contributed by atoms with van der Waals surface area (Å²) in [4.78, 5) is 28.5. The average molecular weight is 370 g/mol. The van der Waals surface area contributed by atoms with E-state index < -0.39 is 0 Å².